The van der Waals surface area contributed by atoms with Gasteiger partial charge in [-0.3, -0.25) is 4.90 Å². The predicted molar refractivity (Wildman–Crippen MR) is 129 cm³/mol. The number of aliphatic hydroxyl groups is 2. The van der Waals surface area contributed by atoms with Crippen molar-refractivity contribution in [3.63, 3.8) is 0 Å². The molecule has 0 unspecified atom stereocenters. The van der Waals surface area contributed by atoms with Crippen LogP contribution in [0.2, 0.25) is 0 Å². The van der Waals surface area contributed by atoms with Crippen LogP contribution in [0.3, 0.4) is 0 Å². The van der Waals surface area contributed by atoms with Gasteiger partial charge in [-0.05, 0) is 52.3 Å². The molecule has 0 heterocycles. The molecule has 0 saturated heterocycles. The van der Waals surface area contributed by atoms with Crippen LogP contribution in [0.5, 0.6) is 0 Å². The number of allylic oxidation sites excluding steroid dienone is 1. The first-order valence-corrected chi connectivity index (χ1v) is 13.3. The van der Waals surface area contributed by atoms with E-state index >= 15 is 0 Å². The van der Waals surface area contributed by atoms with E-state index in [-0.39, 0.29) is 23.5 Å². The highest BCUT2D eigenvalue weighted by atomic mass is 33.1. The van der Waals surface area contributed by atoms with Crippen LogP contribution in [0.1, 0.15) is 53.4 Å². The zero-order valence-electron chi connectivity index (χ0n) is 19.1. The molecule has 174 valence electrons. The number of nitrogens with zero attached hydrogens (tertiary/aromatic N) is 1. The van der Waals surface area contributed by atoms with Gasteiger partial charge in [0.1, 0.15) is 6.23 Å². The van der Waals surface area contributed by atoms with Gasteiger partial charge in [-0.2, -0.15) is 0 Å². The lowest BCUT2D eigenvalue weighted by Crippen LogP contribution is -2.41. The summed E-state index contributed by atoms with van der Waals surface area (Å²) < 4.78 is 6.07. The standard InChI is InChI=1S/C21H45N3O3S2/c1-6-8-9-19(16-18(22)17-25)27-15-13-23-12-14-24(7-2)20(26)10-11-21(3,4)29-28-5/h8-9,18-20,23,25-26H,6-7,10-17,22H2,1-5H3/b9-8+/t18-,19+,20+/m0/s1. The number of rotatable bonds is 19. The van der Waals surface area contributed by atoms with E-state index in [0.717, 1.165) is 45.4 Å². The van der Waals surface area contributed by atoms with Crippen molar-refractivity contribution < 1.29 is 14.9 Å². The molecule has 0 spiro atoms. The third-order valence-electron chi connectivity index (χ3n) is 4.68. The van der Waals surface area contributed by atoms with Crippen LogP contribution < -0.4 is 11.1 Å². The molecule has 0 radical (unpaired) electrons. The summed E-state index contributed by atoms with van der Waals surface area (Å²) in [5.41, 5.74) is 5.83. The second kappa shape index (κ2) is 17.8. The first kappa shape index (κ1) is 29.2. The second-order valence-corrected chi connectivity index (χ2v) is 10.9. The number of aliphatic hydroxyl groups excluding tert-OH is 2. The van der Waals surface area contributed by atoms with Crippen LogP contribution in [0, 0.1) is 0 Å². The average Bonchev–Trinajstić information content (AvgIpc) is 2.69. The first-order chi connectivity index (χ1) is 13.8. The van der Waals surface area contributed by atoms with Gasteiger partial charge in [0.05, 0.1) is 19.3 Å². The maximum atomic E-state index is 10.5. The van der Waals surface area contributed by atoms with Crippen LogP contribution in [0.15, 0.2) is 12.2 Å². The third-order valence-corrected chi connectivity index (χ3v) is 7.36. The molecule has 0 bridgehead atoms. The molecule has 0 fully saturated rings. The van der Waals surface area contributed by atoms with Crippen molar-refractivity contribution in [2.45, 2.75) is 76.5 Å². The maximum absolute atomic E-state index is 10.5. The van der Waals surface area contributed by atoms with Crippen molar-refractivity contribution in [1.82, 2.24) is 10.2 Å². The van der Waals surface area contributed by atoms with Gasteiger partial charge in [-0.25, -0.2) is 0 Å². The SMILES string of the molecule is CC/C=C/[C@H](C[C@H](N)CO)OCCNCCN(CC)[C@H](O)CCC(C)(C)SSC. The molecule has 3 atom stereocenters. The summed E-state index contributed by atoms with van der Waals surface area (Å²) in [7, 11) is 3.65. The molecule has 6 nitrogen and oxygen atoms in total. The number of nitrogens with one attached hydrogen (secondary N) is 1. The summed E-state index contributed by atoms with van der Waals surface area (Å²) in [6, 6.07) is -0.256. The van der Waals surface area contributed by atoms with Crippen molar-refractivity contribution in [3.8, 4) is 0 Å². The molecule has 0 amide bonds. The summed E-state index contributed by atoms with van der Waals surface area (Å²) in [6.45, 7) is 12.4. The monoisotopic (exact) mass is 451 g/mol. The average molecular weight is 452 g/mol. The zero-order chi connectivity index (χ0) is 22.1. The Balaban J connectivity index is 4.11. The number of likely N-dealkylation sites (N-methyl/N-ethyl adjacent to an activating group) is 1. The first-order valence-electron chi connectivity index (χ1n) is 10.8. The smallest absolute Gasteiger partial charge is 0.107 e. The second-order valence-electron chi connectivity index (χ2n) is 7.83. The van der Waals surface area contributed by atoms with Crippen molar-refractivity contribution in [1.29, 1.82) is 0 Å². The van der Waals surface area contributed by atoms with E-state index in [4.69, 9.17) is 15.6 Å². The Morgan fingerprint density at radius 2 is 2.00 bits per heavy atom. The summed E-state index contributed by atoms with van der Waals surface area (Å²) in [4.78, 5) is 2.11. The fourth-order valence-electron chi connectivity index (χ4n) is 2.94. The van der Waals surface area contributed by atoms with Gasteiger partial charge < -0.3 is 26.0 Å². The van der Waals surface area contributed by atoms with E-state index in [1.54, 1.807) is 10.8 Å². The van der Waals surface area contributed by atoms with Crippen molar-refractivity contribution >= 4 is 21.6 Å². The summed E-state index contributed by atoms with van der Waals surface area (Å²) in [5, 5.41) is 23.0. The van der Waals surface area contributed by atoms with Gasteiger partial charge in [-0.15, -0.1) is 0 Å². The Labute approximate surface area is 186 Å². The zero-order valence-corrected chi connectivity index (χ0v) is 20.7. The van der Waals surface area contributed by atoms with E-state index in [0.29, 0.717) is 13.0 Å². The maximum Gasteiger partial charge on any atom is 0.107 e. The normalized spacial score (nSPS) is 15.9. The molecule has 0 aromatic heterocycles. The van der Waals surface area contributed by atoms with E-state index < -0.39 is 6.23 Å². The van der Waals surface area contributed by atoms with Crippen LogP contribution in [-0.4, -0.2) is 83.9 Å². The molecule has 0 rings (SSSR count). The molecular weight excluding hydrogens is 406 g/mol. The highest BCUT2D eigenvalue weighted by Gasteiger charge is 2.22. The van der Waals surface area contributed by atoms with Crippen molar-refractivity contribution in [3.05, 3.63) is 12.2 Å². The van der Waals surface area contributed by atoms with E-state index in [9.17, 15) is 5.11 Å². The lowest BCUT2D eigenvalue weighted by Gasteiger charge is -2.30. The molecule has 0 saturated carbocycles. The number of hydrogen-bond acceptors (Lipinski definition) is 8. The Kier molecular flexibility index (Phi) is 18.0. The lowest BCUT2D eigenvalue weighted by atomic mass is 10.1. The van der Waals surface area contributed by atoms with Crippen LogP contribution in [0.4, 0.5) is 0 Å². The Morgan fingerprint density at radius 1 is 1.28 bits per heavy atom. The third kappa shape index (κ3) is 15.6. The molecule has 0 aromatic carbocycles. The van der Waals surface area contributed by atoms with Crippen LogP contribution in [-0.2, 0) is 4.74 Å². The Bertz CT molecular complexity index is 415. The largest absolute Gasteiger partial charge is 0.395 e. The quantitative estimate of drug-likeness (QED) is 0.103. The van der Waals surface area contributed by atoms with Gasteiger partial charge in [0.15, 0.2) is 0 Å². The van der Waals surface area contributed by atoms with Gasteiger partial charge in [0.25, 0.3) is 0 Å². The highest BCUT2D eigenvalue weighted by molar-refractivity contribution is 8.76. The molecule has 8 heteroatoms. The molecule has 0 aliphatic rings. The minimum Gasteiger partial charge on any atom is -0.395 e. The van der Waals surface area contributed by atoms with Gasteiger partial charge in [-0.1, -0.05) is 47.6 Å². The number of hydrogen-bond donors (Lipinski definition) is 4. The molecule has 0 aliphatic heterocycles. The van der Waals surface area contributed by atoms with Gasteiger partial charge in [0, 0.05) is 30.4 Å². The lowest BCUT2D eigenvalue weighted by molar-refractivity contribution is -0.00127. The minimum atomic E-state index is -0.400. The van der Waals surface area contributed by atoms with E-state index in [2.05, 4.69) is 50.2 Å². The van der Waals surface area contributed by atoms with Crippen LogP contribution in [0.25, 0.3) is 0 Å². The Hall–Kier alpha value is 0.200. The summed E-state index contributed by atoms with van der Waals surface area (Å²) >= 11 is 0. The Morgan fingerprint density at radius 3 is 2.59 bits per heavy atom. The number of ether oxygens (including phenoxy) is 1. The summed E-state index contributed by atoms with van der Waals surface area (Å²) in [5.74, 6) is 0. The predicted octanol–water partition coefficient (Wildman–Crippen LogP) is 2.85. The fourth-order valence-corrected chi connectivity index (χ4v) is 5.19. The topological polar surface area (TPSA) is 91.0 Å². The number of nitrogens with two attached hydrogens (primary N) is 1. The fraction of sp³-hybridized carbons (Fsp3) is 0.905. The summed E-state index contributed by atoms with van der Waals surface area (Å²) in [6.07, 6.45) is 9.08. The van der Waals surface area contributed by atoms with Crippen molar-refractivity contribution in [2.75, 3.05) is 45.6 Å². The van der Waals surface area contributed by atoms with Gasteiger partial charge in [0.2, 0.25) is 0 Å². The van der Waals surface area contributed by atoms with Crippen LogP contribution >= 0.6 is 21.6 Å². The molecule has 29 heavy (non-hydrogen) atoms. The molecular formula is C21H45N3O3S2. The van der Waals surface area contributed by atoms with E-state index in [1.165, 1.54) is 0 Å². The molecule has 0 aliphatic carbocycles. The van der Waals surface area contributed by atoms with Crippen molar-refractivity contribution in [2.24, 2.45) is 5.73 Å². The minimum absolute atomic E-state index is 0.0274. The molecule has 0 aromatic rings. The van der Waals surface area contributed by atoms with Gasteiger partial charge >= 0.3 is 0 Å². The highest BCUT2D eigenvalue weighted by Crippen LogP contribution is 2.37. The molecule has 5 N–H and O–H groups in total. The van der Waals surface area contributed by atoms with E-state index in [1.807, 2.05) is 16.9 Å².